The van der Waals surface area contributed by atoms with Gasteiger partial charge in [0.25, 0.3) is 0 Å². The van der Waals surface area contributed by atoms with E-state index in [1.807, 2.05) is 0 Å². The topological polar surface area (TPSA) is 37.4 Å². The first-order valence-corrected chi connectivity index (χ1v) is 8.79. The van der Waals surface area contributed by atoms with Crippen LogP contribution in [-0.2, 0) is 10.0 Å². The van der Waals surface area contributed by atoms with Crippen LogP contribution in [0.3, 0.4) is 0 Å². The molecule has 0 amide bonds. The number of rotatable bonds is 5. The zero-order valence-corrected chi connectivity index (χ0v) is 13.8. The molecule has 19 heavy (non-hydrogen) atoms. The monoisotopic (exact) mass is 419 g/mol. The van der Waals surface area contributed by atoms with Gasteiger partial charge < -0.3 is 0 Å². The molecule has 0 aromatic carbocycles. The summed E-state index contributed by atoms with van der Waals surface area (Å²) in [5.41, 5.74) is 0. The van der Waals surface area contributed by atoms with Crippen molar-refractivity contribution in [2.45, 2.75) is 11.1 Å². The number of sulfonamides is 1. The van der Waals surface area contributed by atoms with Gasteiger partial charge in [-0.15, -0.1) is 11.3 Å². The first-order valence-electron chi connectivity index (χ1n) is 4.65. The summed E-state index contributed by atoms with van der Waals surface area (Å²) in [7, 11) is -4.33. The Hall–Kier alpha value is 0.460. The predicted molar refractivity (Wildman–Crippen MR) is 72.9 cm³/mol. The SMILES string of the molecule is O=S(=O)(c1cc(Cl)sc1Cl)N(CCBr)CC(F)(F)F. The third kappa shape index (κ3) is 4.75. The van der Waals surface area contributed by atoms with Crippen molar-refractivity contribution in [1.29, 1.82) is 0 Å². The summed E-state index contributed by atoms with van der Waals surface area (Å²) in [6.45, 7) is -1.91. The van der Waals surface area contributed by atoms with Crippen LogP contribution in [0.4, 0.5) is 13.2 Å². The molecule has 0 unspecified atom stereocenters. The summed E-state index contributed by atoms with van der Waals surface area (Å²) in [6, 6.07) is 1.04. The van der Waals surface area contributed by atoms with Crippen LogP contribution in [0.1, 0.15) is 0 Å². The first-order chi connectivity index (χ1) is 8.58. The van der Waals surface area contributed by atoms with E-state index < -0.39 is 27.6 Å². The maximum Gasteiger partial charge on any atom is 0.402 e. The summed E-state index contributed by atoms with van der Waals surface area (Å²) in [6.07, 6.45) is -4.64. The molecule has 0 saturated carbocycles. The molecule has 11 heteroatoms. The molecule has 0 bridgehead atoms. The fraction of sp³-hybridized carbons (Fsp3) is 0.500. The predicted octanol–water partition coefficient (Wildman–Crippen LogP) is 4.00. The second-order valence-electron chi connectivity index (χ2n) is 3.33. The van der Waals surface area contributed by atoms with Crippen molar-refractivity contribution in [2.75, 3.05) is 18.4 Å². The minimum Gasteiger partial charge on any atom is -0.207 e. The van der Waals surface area contributed by atoms with Gasteiger partial charge in [0.05, 0.1) is 4.34 Å². The number of hydrogen-bond donors (Lipinski definition) is 0. The molecular formula is C8H7BrCl2F3NO2S2. The lowest BCUT2D eigenvalue weighted by atomic mass is 10.6. The highest BCUT2D eigenvalue weighted by atomic mass is 79.9. The largest absolute Gasteiger partial charge is 0.402 e. The standard InChI is InChI=1S/C8H7BrCl2F3NO2S2/c9-1-2-15(4-8(12,13)14)19(16,17)5-3-6(10)18-7(5)11/h3H,1-2,4H2. The van der Waals surface area contributed by atoms with Crippen molar-refractivity contribution in [3.05, 3.63) is 14.7 Å². The normalized spacial score (nSPS) is 13.2. The molecule has 0 fully saturated rings. The fourth-order valence-corrected chi connectivity index (χ4v) is 5.42. The maximum absolute atomic E-state index is 12.4. The van der Waals surface area contributed by atoms with Crippen molar-refractivity contribution in [2.24, 2.45) is 0 Å². The number of alkyl halides is 4. The van der Waals surface area contributed by atoms with Gasteiger partial charge in [-0.25, -0.2) is 8.42 Å². The van der Waals surface area contributed by atoms with Gasteiger partial charge in [-0.2, -0.15) is 17.5 Å². The fourth-order valence-electron chi connectivity index (χ4n) is 1.22. The Morgan fingerprint density at radius 1 is 1.37 bits per heavy atom. The lowest BCUT2D eigenvalue weighted by Crippen LogP contribution is -2.40. The quantitative estimate of drug-likeness (QED) is 0.675. The molecular weight excluding hydrogens is 414 g/mol. The molecule has 0 radical (unpaired) electrons. The molecule has 1 rings (SSSR count). The molecule has 1 heterocycles. The van der Waals surface area contributed by atoms with Gasteiger partial charge >= 0.3 is 6.18 Å². The highest BCUT2D eigenvalue weighted by molar-refractivity contribution is 9.09. The Labute approximate surface area is 130 Å². The Morgan fingerprint density at radius 2 is 1.95 bits per heavy atom. The maximum atomic E-state index is 12.4. The second kappa shape index (κ2) is 6.48. The van der Waals surface area contributed by atoms with E-state index in [0.29, 0.717) is 4.31 Å². The highest BCUT2D eigenvalue weighted by Gasteiger charge is 2.38. The van der Waals surface area contributed by atoms with Crippen LogP contribution in [0.25, 0.3) is 0 Å². The molecule has 0 aliphatic heterocycles. The van der Waals surface area contributed by atoms with Crippen molar-refractivity contribution >= 4 is 60.5 Å². The molecule has 1 aromatic rings. The van der Waals surface area contributed by atoms with E-state index >= 15 is 0 Å². The Bertz CT molecular complexity index is 547. The molecule has 0 saturated heterocycles. The van der Waals surface area contributed by atoms with Crippen LogP contribution >= 0.6 is 50.5 Å². The van der Waals surface area contributed by atoms with E-state index in [0.717, 1.165) is 17.4 Å². The van der Waals surface area contributed by atoms with Crippen LogP contribution in [0.5, 0.6) is 0 Å². The third-order valence-corrected chi connectivity index (χ3v) is 5.89. The van der Waals surface area contributed by atoms with Gasteiger partial charge in [0, 0.05) is 11.9 Å². The van der Waals surface area contributed by atoms with E-state index in [-0.39, 0.29) is 20.5 Å². The van der Waals surface area contributed by atoms with Crippen LogP contribution in [0, 0.1) is 0 Å². The molecule has 0 aliphatic rings. The van der Waals surface area contributed by atoms with Gasteiger partial charge in [0.15, 0.2) is 0 Å². The zero-order valence-electron chi connectivity index (χ0n) is 9.05. The highest BCUT2D eigenvalue weighted by Crippen LogP contribution is 2.36. The lowest BCUT2D eigenvalue weighted by molar-refractivity contribution is -0.135. The molecule has 0 N–H and O–H groups in total. The van der Waals surface area contributed by atoms with Gasteiger partial charge in [-0.05, 0) is 6.07 Å². The number of halogens is 6. The molecule has 0 aliphatic carbocycles. The molecule has 0 spiro atoms. The average Bonchev–Trinajstić information content (AvgIpc) is 2.56. The van der Waals surface area contributed by atoms with E-state index in [2.05, 4.69) is 15.9 Å². The number of thiophene rings is 1. The molecule has 0 atom stereocenters. The third-order valence-electron chi connectivity index (χ3n) is 1.93. The summed E-state index contributed by atoms with van der Waals surface area (Å²) in [5, 5.41) is 0.0673. The summed E-state index contributed by atoms with van der Waals surface area (Å²) in [4.78, 5) is -0.408. The van der Waals surface area contributed by atoms with E-state index in [4.69, 9.17) is 23.2 Å². The van der Waals surface area contributed by atoms with Crippen LogP contribution in [0.2, 0.25) is 8.67 Å². The minimum absolute atomic E-state index is 0.0673. The summed E-state index contributed by atoms with van der Waals surface area (Å²) in [5.74, 6) is 0. The summed E-state index contributed by atoms with van der Waals surface area (Å²) < 4.78 is 61.7. The van der Waals surface area contributed by atoms with Crippen LogP contribution in [0.15, 0.2) is 11.0 Å². The first kappa shape index (κ1) is 17.5. The summed E-state index contributed by atoms with van der Waals surface area (Å²) >= 11 is 15.0. The van der Waals surface area contributed by atoms with E-state index in [1.165, 1.54) is 0 Å². The van der Waals surface area contributed by atoms with Crippen LogP contribution in [-0.4, -0.2) is 37.3 Å². The smallest absolute Gasteiger partial charge is 0.207 e. The minimum atomic E-state index is -4.64. The van der Waals surface area contributed by atoms with Crippen molar-refractivity contribution in [1.82, 2.24) is 4.31 Å². The Balaban J connectivity index is 3.16. The van der Waals surface area contributed by atoms with E-state index in [9.17, 15) is 21.6 Å². The zero-order chi connectivity index (χ0) is 14.8. The molecule has 110 valence electrons. The van der Waals surface area contributed by atoms with Gasteiger partial charge in [0.1, 0.15) is 15.8 Å². The molecule has 3 nitrogen and oxygen atoms in total. The van der Waals surface area contributed by atoms with Gasteiger partial charge in [0.2, 0.25) is 10.0 Å². The van der Waals surface area contributed by atoms with Gasteiger partial charge in [-0.3, -0.25) is 0 Å². The van der Waals surface area contributed by atoms with Gasteiger partial charge in [-0.1, -0.05) is 39.1 Å². The van der Waals surface area contributed by atoms with E-state index in [1.54, 1.807) is 0 Å². The average molecular weight is 421 g/mol. The number of nitrogens with zero attached hydrogens (tertiary/aromatic N) is 1. The second-order valence-corrected chi connectivity index (χ2v) is 8.32. The van der Waals surface area contributed by atoms with Crippen molar-refractivity contribution in [3.63, 3.8) is 0 Å². The Kier molecular flexibility index (Phi) is 5.98. The molecule has 1 aromatic heterocycles. The van der Waals surface area contributed by atoms with Crippen molar-refractivity contribution < 1.29 is 21.6 Å². The van der Waals surface area contributed by atoms with Crippen molar-refractivity contribution in [3.8, 4) is 0 Å². The number of hydrogen-bond acceptors (Lipinski definition) is 3. The lowest BCUT2D eigenvalue weighted by Gasteiger charge is -2.22. The van der Waals surface area contributed by atoms with Crippen LogP contribution < -0.4 is 0 Å². The Morgan fingerprint density at radius 3 is 2.32 bits per heavy atom.